The van der Waals surface area contributed by atoms with Crippen LogP contribution in [0.15, 0.2) is 11.4 Å². The summed E-state index contributed by atoms with van der Waals surface area (Å²) >= 11 is 1.50. The summed E-state index contributed by atoms with van der Waals surface area (Å²) in [6, 6.07) is 1.85. The molecule has 0 aromatic carbocycles. The molecule has 1 aromatic rings. The van der Waals surface area contributed by atoms with Gasteiger partial charge in [-0.1, -0.05) is 0 Å². The molecule has 1 aliphatic rings. The highest BCUT2D eigenvalue weighted by Crippen LogP contribution is 2.48. The van der Waals surface area contributed by atoms with Crippen LogP contribution in [-0.4, -0.2) is 15.5 Å². The summed E-state index contributed by atoms with van der Waals surface area (Å²) in [5.74, 6) is 0. The van der Waals surface area contributed by atoms with Crippen LogP contribution in [0.3, 0.4) is 0 Å². The molecule has 1 aromatic heterocycles. The molecule has 0 N–H and O–H groups in total. The first-order valence-electron chi connectivity index (χ1n) is 3.95. The van der Waals surface area contributed by atoms with Gasteiger partial charge in [-0.15, -0.1) is 11.3 Å². The van der Waals surface area contributed by atoms with Crippen LogP contribution >= 0.6 is 11.3 Å². The zero-order valence-corrected chi connectivity index (χ0v) is 9.37. The number of sulfonamides is 1. The third-order valence-electron chi connectivity index (χ3n) is 2.54. The molecule has 0 atom stereocenters. The van der Waals surface area contributed by atoms with Gasteiger partial charge in [-0.05, 0) is 25.3 Å². The molecule has 0 fully saturated rings. The molecule has 1 aliphatic heterocycles. The van der Waals surface area contributed by atoms with Crippen LogP contribution < -0.4 is 4.31 Å². The molecule has 0 radical (unpaired) electrons. The first-order chi connectivity index (χ1) is 5.89. The molecular weight excluding hydrogens is 206 g/mol. The molecule has 0 bridgehead atoms. The van der Waals surface area contributed by atoms with E-state index in [2.05, 4.69) is 0 Å². The van der Waals surface area contributed by atoms with E-state index >= 15 is 0 Å². The smallest absolute Gasteiger partial charge is 0.245 e. The van der Waals surface area contributed by atoms with Crippen molar-refractivity contribution in [3.63, 3.8) is 0 Å². The minimum absolute atomic E-state index is 0.759. The Labute approximate surface area is 82.0 Å². The minimum Gasteiger partial charge on any atom is -0.271 e. The van der Waals surface area contributed by atoms with Crippen LogP contribution in [0.1, 0.15) is 18.7 Å². The summed E-state index contributed by atoms with van der Waals surface area (Å²) in [4.78, 5) is 0.940. The first-order valence-corrected chi connectivity index (χ1v) is 6.27. The molecule has 5 heteroatoms. The maximum Gasteiger partial charge on any atom is 0.245 e. The van der Waals surface area contributed by atoms with Crippen molar-refractivity contribution in [2.45, 2.75) is 18.6 Å². The largest absolute Gasteiger partial charge is 0.271 e. The quantitative estimate of drug-likeness (QED) is 0.664. The Morgan fingerprint density at radius 1 is 1.46 bits per heavy atom. The molecule has 3 nitrogen and oxygen atoms in total. The zero-order chi connectivity index (χ0) is 9.85. The lowest BCUT2D eigenvalue weighted by atomic mass is 10.1. The van der Waals surface area contributed by atoms with Gasteiger partial charge in [0.1, 0.15) is 4.75 Å². The first kappa shape index (κ1) is 9.02. The Bertz CT molecular complexity index is 444. The van der Waals surface area contributed by atoms with Gasteiger partial charge in [0.25, 0.3) is 0 Å². The standard InChI is InChI=1S/C8H11NO2S2/c1-8(2)7-6(4-5-12-7)9(3)13(8,10)11/h4-5H,1-3H3. The molecule has 0 aliphatic carbocycles. The Balaban J connectivity index is 2.78. The lowest BCUT2D eigenvalue weighted by molar-refractivity contribution is 0.563. The van der Waals surface area contributed by atoms with Gasteiger partial charge in [0, 0.05) is 7.05 Å². The van der Waals surface area contributed by atoms with Crippen molar-refractivity contribution in [1.82, 2.24) is 0 Å². The maximum absolute atomic E-state index is 11.9. The Morgan fingerprint density at radius 3 is 2.62 bits per heavy atom. The van der Waals surface area contributed by atoms with Crippen molar-refractivity contribution in [2.75, 3.05) is 11.4 Å². The van der Waals surface area contributed by atoms with E-state index in [4.69, 9.17) is 0 Å². The summed E-state index contributed by atoms with van der Waals surface area (Å²) in [6.45, 7) is 3.50. The topological polar surface area (TPSA) is 37.4 Å². The summed E-state index contributed by atoms with van der Waals surface area (Å²) < 4.78 is 24.3. The summed E-state index contributed by atoms with van der Waals surface area (Å²) in [5.41, 5.74) is 0.829. The van der Waals surface area contributed by atoms with Crippen LogP contribution in [0, 0.1) is 0 Å². The highest BCUT2D eigenvalue weighted by molar-refractivity contribution is 7.94. The molecule has 0 amide bonds. The maximum atomic E-state index is 11.9. The number of anilines is 1. The number of nitrogens with zero attached hydrogens (tertiary/aromatic N) is 1. The second-order valence-electron chi connectivity index (χ2n) is 3.62. The van der Waals surface area contributed by atoms with E-state index in [1.54, 1.807) is 20.9 Å². The molecular formula is C8H11NO2S2. The SMILES string of the molecule is CN1c2ccsc2C(C)(C)S1(=O)=O. The lowest BCUT2D eigenvalue weighted by Crippen LogP contribution is -2.33. The number of thiophene rings is 1. The third-order valence-corrected chi connectivity index (χ3v) is 6.30. The highest BCUT2D eigenvalue weighted by atomic mass is 32.2. The highest BCUT2D eigenvalue weighted by Gasteiger charge is 2.48. The van der Waals surface area contributed by atoms with Crippen molar-refractivity contribution < 1.29 is 8.42 Å². The van der Waals surface area contributed by atoms with E-state index in [1.807, 2.05) is 11.4 Å². The van der Waals surface area contributed by atoms with E-state index in [1.165, 1.54) is 15.6 Å². The van der Waals surface area contributed by atoms with Crippen molar-refractivity contribution >= 4 is 27.0 Å². The van der Waals surface area contributed by atoms with Crippen LogP contribution in [0.4, 0.5) is 5.69 Å². The Hall–Kier alpha value is -0.550. The van der Waals surface area contributed by atoms with E-state index < -0.39 is 14.8 Å². The summed E-state index contributed by atoms with van der Waals surface area (Å²) in [7, 11) is -1.57. The second kappa shape index (κ2) is 2.27. The van der Waals surface area contributed by atoms with E-state index in [9.17, 15) is 8.42 Å². The van der Waals surface area contributed by atoms with Crippen molar-refractivity contribution in [3.8, 4) is 0 Å². The normalized spacial score (nSPS) is 23.2. The predicted octanol–water partition coefficient (Wildman–Crippen LogP) is 1.76. The van der Waals surface area contributed by atoms with Gasteiger partial charge in [0.15, 0.2) is 0 Å². The molecule has 0 unspecified atom stereocenters. The van der Waals surface area contributed by atoms with Crippen LogP contribution in [0.2, 0.25) is 0 Å². The van der Waals surface area contributed by atoms with Gasteiger partial charge >= 0.3 is 0 Å². The van der Waals surface area contributed by atoms with Gasteiger partial charge in [-0.2, -0.15) is 0 Å². The fourth-order valence-corrected chi connectivity index (χ4v) is 4.49. The van der Waals surface area contributed by atoms with Crippen molar-refractivity contribution in [1.29, 1.82) is 0 Å². The van der Waals surface area contributed by atoms with Crippen LogP contribution in [0.25, 0.3) is 0 Å². The van der Waals surface area contributed by atoms with E-state index in [0.717, 1.165) is 10.6 Å². The third kappa shape index (κ3) is 0.862. The number of fused-ring (bicyclic) bond motifs is 1. The number of hydrogen-bond donors (Lipinski definition) is 0. The van der Waals surface area contributed by atoms with Crippen molar-refractivity contribution in [2.24, 2.45) is 0 Å². The van der Waals surface area contributed by atoms with E-state index in [-0.39, 0.29) is 0 Å². The van der Waals surface area contributed by atoms with Crippen LogP contribution in [0.5, 0.6) is 0 Å². The van der Waals surface area contributed by atoms with Gasteiger partial charge in [0.2, 0.25) is 10.0 Å². The van der Waals surface area contributed by atoms with Gasteiger partial charge in [-0.25, -0.2) is 8.42 Å². The zero-order valence-electron chi connectivity index (χ0n) is 7.73. The lowest BCUT2D eigenvalue weighted by Gasteiger charge is -2.19. The Morgan fingerprint density at radius 2 is 2.08 bits per heavy atom. The minimum atomic E-state index is -3.18. The Kier molecular flexibility index (Phi) is 1.58. The average molecular weight is 217 g/mol. The number of rotatable bonds is 0. The van der Waals surface area contributed by atoms with Gasteiger partial charge < -0.3 is 0 Å². The molecule has 0 saturated heterocycles. The molecule has 72 valence electrons. The summed E-state index contributed by atoms with van der Waals surface area (Å²) in [6.07, 6.45) is 0. The fourth-order valence-electron chi connectivity index (χ4n) is 1.59. The molecule has 2 rings (SSSR count). The average Bonchev–Trinajstić information content (AvgIpc) is 2.53. The molecule has 2 heterocycles. The predicted molar refractivity (Wildman–Crippen MR) is 54.7 cm³/mol. The molecule has 0 saturated carbocycles. The monoisotopic (exact) mass is 217 g/mol. The second-order valence-corrected chi connectivity index (χ2v) is 7.05. The number of hydrogen-bond acceptors (Lipinski definition) is 3. The molecule has 13 heavy (non-hydrogen) atoms. The van der Waals surface area contributed by atoms with Crippen molar-refractivity contribution in [3.05, 3.63) is 16.3 Å². The molecule has 0 spiro atoms. The van der Waals surface area contributed by atoms with Crippen LogP contribution in [-0.2, 0) is 14.8 Å². The van der Waals surface area contributed by atoms with Gasteiger partial charge in [-0.3, -0.25) is 4.31 Å². The fraction of sp³-hybridized carbons (Fsp3) is 0.500. The summed E-state index contributed by atoms with van der Waals surface area (Å²) in [5, 5.41) is 1.93. The van der Waals surface area contributed by atoms with E-state index in [0.29, 0.717) is 0 Å². The van der Waals surface area contributed by atoms with Gasteiger partial charge in [0.05, 0.1) is 10.6 Å².